The molecule has 0 aliphatic rings. The van der Waals surface area contributed by atoms with E-state index in [1.807, 2.05) is 0 Å². The SMILES string of the molecule is CC(=O)CCC(CC(C)=O)C(C)(C)C. The molecule has 0 N–H and O–H groups in total. The molecule has 0 aromatic rings. The minimum atomic E-state index is 0.112. The van der Waals surface area contributed by atoms with Crippen LogP contribution in [-0.4, -0.2) is 11.6 Å². The van der Waals surface area contributed by atoms with Gasteiger partial charge in [-0.25, -0.2) is 0 Å². The Morgan fingerprint density at radius 3 is 1.86 bits per heavy atom. The van der Waals surface area contributed by atoms with Gasteiger partial charge in [0, 0.05) is 12.8 Å². The highest BCUT2D eigenvalue weighted by Gasteiger charge is 2.25. The van der Waals surface area contributed by atoms with Crippen LogP contribution in [0, 0.1) is 11.3 Å². The van der Waals surface area contributed by atoms with Crippen LogP contribution in [0.25, 0.3) is 0 Å². The molecule has 0 aromatic carbocycles. The zero-order valence-corrected chi connectivity index (χ0v) is 10.0. The molecule has 0 fully saturated rings. The van der Waals surface area contributed by atoms with Crippen molar-refractivity contribution in [1.82, 2.24) is 0 Å². The molecule has 0 radical (unpaired) electrons. The molecule has 0 aliphatic heterocycles. The zero-order valence-electron chi connectivity index (χ0n) is 10.0. The van der Waals surface area contributed by atoms with E-state index in [1.54, 1.807) is 13.8 Å². The maximum atomic E-state index is 11.1. The predicted molar refractivity (Wildman–Crippen MR) is 58.2 cm³/mol. The number of hydrogen-bond donors (Lipinski definition) is 0. The summed E-state index contributed by atoms with van der Waals surface area (Å²) in [4.78, 5) is 21.9. The molecule has 0 rings (SSSR count). The second-order valence-corrected chi connectivity index (χ2v) is 5.21. The lowest BCUT2D eigenvalue weighted by Crippen LogP contribution is -2.23. The number of ketones is 2. The van der Waals surface area contributed by atoms with Crippen molar-refractivity contribution in [3.63, 3.8) is 0 Å². The summed E-state index contributed by atoms with van der Waals surface area (Å²) < 4.78 is 0. The summed E-state index contributed by atoms with van der Waals surface area (Å²) in [5.74, 6) is 0.750. The van der Waals surface area contributed by atoms with Crippen molar-refractivity contribution in [3.8, 4) is 0 Å². The molecule has 0 aliphatic carbocycles. The predicted octanol–water partition coefficient (Wildman–Crippen LogP) is 3.00. The standard InChI is InChI=1S/C12H22O2/c1-9(13)6-7-11(8-10(2)14)12(3,4)5/h11H,6-8H2,1-5H3. The molecule has 0 amide bonds. The number of carbonyl (C=O) groups is 2. The van der Waals surface area contributed by atoms with Gasteiger partial charge in [0.05, 0.1) is 0 Å². The van der Waals surface area contributed by atoms with Crippen LogP contribution in [0.15, 0.2) is 0 Å². The summed E-state index contributed by atoms with van der Waals surface area (Å²) in [5, 5.41) is 0. The van der Waals surface area contributed by atoms with Crippen LogP contribution in [0.1, 0.15) is 53.9 Å². The van der Waals surface area contributed by atoms with E-state index in [4.69, 9.17) is 0 Å². The molecule has 1 atom stereocenters. The molecular formula is C12H22O2. The van der Waals surface area contributed by atoms with E-state index in [0.717, 1.165) is 6.42 Å². The summed E-state index contributed by atoms with van der Waals surface area (Å²) in [6, 6.07) is 0. The van der Waals surface area contributed by atoms with E-state index in [2.05, 4.69) is 20.8 Å². The van der Waals surface area contributed by atoms with Gasteiger partial charge >= 0.3 is 0 Å². The largest absolute Gasteiger partial charge is 0.300 e. The van der Waals surface area contributed by atoms with E-state index in [9.17, 15) is 9.59 Å². The first-order valence-corrected chi connectivity index (χ1v) is 5.22. The van der Waals surface area contributed by atoms with Gasteiger partial charge in [-0.3, -0.25) is 0 Å². The normalized spacial score (nSPS) is 13.8. The Balaban J connectivity index is 4.26. The maximum absolute atomic E-state index is 11.1. The quantitative estimate of drug-likeness (QED) is 0.680. The van der Waals surface area contributed by atoms with Gasteiger partial charge in [0.1, 0.15) is 11.6 Å². The van der Waals surface area contributed by atoms with Gasteiger partial charge in [0.25, 0.3) is 0 Å². The van der Waals surface area contributed by atoms with Crippen molar-refractivity contribution in [2.45, 2.75) is 53.9 Å². The number of carbonyl (C=O) groups excluding carboxylic acids is 2. The first kappa shape index (κ1) is 13.3. The Kier molecular flexibility index (Phi) is 5.03. The van der Waals surface area contributed by atoms with E-state index < -0.39 is 0 Å². The number of hydrogen-bond acceptors (Lipinski definition) is 2. The van der Waals surface area contributed by atoms with Crippen LogP contribution in [-0.2, 0) is 9.59 Å². The minimum Gasteiger partial charge on any atom is -0.300 e. The minimum absolute atomic E-state index is 0.112. The van der Waals surface area contributed by atoms with Gasteiger partial charge in [-0.1, -0.05) is 20.8 Å². The van der Waals surface area contributed by atoms with Gasteiger partial charge < -0.3 is 9.59 Å². The highest BCUT2D eigenvalue weighted by atomic mass is 16.1. The highest BCUT2D eigenvalue weighted by Crippen LogP contribution is 2.32. The molecule has 0 heterocycles. The van der Waals surface area contributed by atoms with Crippen molar-refractivity contribution < 1.29 is 9.59 Å². The van der Waals surface area contributed by atoms with Crippen molar-refractivity contribution >= 4 is 11.6 Å². The third-order valence-corrected chi connectivity index (χ3v) is 2.60. The fraction of sp³-hybridized carbons (Fsp3) is 0.833. The first-order chi connectivity index (χ1) is 6.23. The summed E-state index contributed by atoms with van der Waals surface area (Å²) >= 11 is 0. The van der Waals surface area contributed by atoms with E-state index >= 15 is 0 Å². The fourth-order valence-electron chi connectivity index (χ4n) is 1.57. The van der Waals surface area contributed by atoms with Crippen LogP contribution >= 0.6 is 0 Å². The summed E-state index contributed by atoms with van der Waals surface area (Å²) in [5.41, 5.74) is 0.112. The van der Waals surface area contributed by atoms with E-state index in [-0.39, 0.29) is 17.0 Å². The molecule has 2 nitrogen and oxygen atoms in total. The summed E-state index contributed by atoms with van der Waals surface area (Å²) in [6.07, 6.45) is 2.02. The van der Waals surface area contributed by atoms with Crippen LogP contribution in [0.5, 0.6) is 0 Å². The first-order valence-electron chi connectivity index (χ1n) is 5.22. The summed E-state index contributed by atoms with van der Waals surface area (Å²) in [6.45, 7) is 9.60. The van der Waals surface area contributed by atoms with Crippen LogP contribution in [0.3, 0.4) is 0 Å². The third kappa shape index (κ3) is 5.90. The molecule has 0 aromatic heterocycles. The van der Waals surface area contributed by atoms with E-state index in [1.165, 1.54) is 0 Å². The number of Topliss-reactive ketones (excluding diaryl/α,β-unsaturated/α-hetero) is 2. The Hall–Kier alpha value is -0.660. The Labute approximate surface area is 87.1 Å². The molecule has 0 saturated carbocycles. The molecule has 1 unspecified atom stereocenters. The molecular weight excluding hydrogens is 176 g/mol. The lowest BCUT2D eigenvalue weighted by molar-refractivity contribution is -0.120. The molecule has 14 heavy (non-hydrogen) atoms. The van der Waals surface area contributed by atoms with Crippen molar-refractivity contribution in [2.24, 2.45) is 11.3 Å². The smallest absolute Gasteiger partial charge is 0.130 e. The van der Waals surface area contributed by atoms with Crippen LogP contribution in [0.4, 0.5) is 0 Å². The summed E-state index contributed by atoms with van der Waals surface area (Å²) in [7, 11) is 0. The molecule has 82 valence electrons. The second-order valence-electron chi connectivity index (χ2n) is 5.21. The third-order valence-electron chi connectivity index (χ3n) is 2.60. The Bertz CT molecular complexity index is 211. The van der Waals surface area contributed by atoms with Crippen LogP contribution < -0.4 is 0 Å². The second kappa shape index (κ2) is 5.28. The Morgan fingerprint density at radius 2 is 1.57 bits per heavy atom. The topological polar surface area (TPSA) is 34.1 Å². The number of rotatable bonds is 5. The highest BCUT2D eigenvalue weighted by molar-refractivity contribution is 5.77. The average molecular weight is 198 g/mol. The van der Waals surface area contributed by atoms with Gasteiger partial charge in [-0.2, -0.15) is 0 Å². The van der Waals surface area contributed by atoms with Gasteiger partial charge in [0.2, 0.25) is 0 Å². The van der Waals surface area contributed by atoms with E-state index in [0.29, 0.717) is 18.8 Å². The van der Waals surface area contributed by atoms with Gasteiger partial charge in [0.15, 0.2) is 0 Å². The lowest BCUT2D eigenvalue weighted by Gasteiger charge is -2.29. The maximum Gasteiger partial charge on any atom is 0.130 e. The van der Waals surface area contributed by atoms with Crippen molar-refractivity contribution in [2.75, 3.05) is 0 Å². The lowest BCUT2D eigenvalue weighted by atomic mass is 9.75. The average Bonchev–Trinajstić information content (AvgIpc) is 1.94. The van der Waals surface area contributed by atoms with Crippen molar-refractivity contribution in [1.29, 1.82) is 0 Å². The monoisotopic (exact) mass is 198 g/mol. The zero-order chi connectivity index (χ0) is 11.4. The van der Waals surface area contributed by atoms with Crippen LogP contribution in [0.2, 0.25) is 0 Å². The van der Waals surface area contributed by atoms with Crippen molar-refractivity contribution in [3.05, 3.63) is 0 Å². The molecule has 0 spiro atoms. The molecule has 0 bridgehead atoms. The Morgan fingerprint density at radius 1 is 1.07 bits per heavy atom. The van der Waals surface area contributed by atoms with Gasteiger partial charge in [-0.15, -0.1) is 0 Å². The molecule has 2 heteroatoms. The fourth-order valence-corrected chi connectivity index (χ4v) is 1.57. The van der Waals surface area contributed by atoms with Gasteiger partial charge in [-0.05, 0) is 31.6 Å². The molecule has 0 saturated heterocycles.